The lowest BCUT2D eigenvalue weighted by Gasteiger charge is -2.24. The highest BCUT2D eigenvalue weighted by Crippen LogP contribution is 2.33. The maximum Gasteiger partial charge on any atom is 0.278 e. The molecule has 2 aliphatic rings. The number of ether oxygens (including phenoxy) is 2. The second-order valence-electron chi connectivity index (χ2n) is 7.80. The first-order valence-corrected chi connectivity index (χ1v) is 10.5. The fourth-order valence-electron chi connectivity index (χ4n) is 4.24. The molecular formula is C22H26N4O3. The van der Waals surface area contributed by atoms with Gasteiger partial charge in [0.25, 0.3) is 5.89 Å². The average molecular weight is 394 g/mol. The number of hydrogen-bond acceptors (Lipinski definition) is 6. The highest BCUT2D eigenvalue weighted by molar-refractivity contribution is 5.47. The molecule has 7 heteroatoms. The van der Waals surface area contributed by atoms with E-state index in [0.717, 1.165) is 41.4 Å². The van der Waals surface area contributed by atoms with Crippen molar-refractivity contribution in [3.8, 4) is 17.3 Å². The van der Waals surface area contributed by atoms with Crippen LogP contribution in [0.5, 0.6) is 5.75 Å². The van der Waals surface area contributed by atoms with E-state index in [2.05, 4.69) is 22.3 Å². The number of rotatable bonds is 5. The van der Waals surface area contributed by atoms with Crippen LogP contribution in [0.4, 0.5) is 0 Å². The molecule has 0 saturated heterocycles. The highest BCUT2D eigenvalue weighted by atomic mass is 16.5. The molecule has 5 rings (SSSR count). The minimum absolute atomic E-state index is 0.0357. The van der Waals surface area contributed by atoms with E-state index < -0.39 is 0 Å². The maximum absolute atomic E-state index is 6.07. The first-order chi connectivity index (χ1) is 14.3. The van der Waals surface area contributed by atoms with Gasteiger partial charge in [-0.15, -0.1) is 0 Å². The van der Waals surface area contributed by atoms with E-state index in [9.17, 15) is 0 Å². The van der Waals surface area contributed by atoms with Gasteiger partial charge in [0.2, 0.25) is 0 Å². The Labute approximate surface area is 170 Å². The monoisotopic (exact) mass is 394 g/mol. The van der Waals surface area contributed by atoms with Gasteiger partial charge in [0.1, 0.15) is 11.9 Å². The van der Waals surface area contributed by atoms with Crippen LogP contribution in [0.25, 0.3) is 11.6 Å². The summed E-state index contributed by atoms with van der Waals surface area (Å²) in [5.74, 6) is 2.63. The summed E-state index contributed by atoms with van der Waals surface area (Å²) in [6.45, 7) is 3.81. The Morgan fingerprint density at radius 1 is 1.14 bits per heavy atom. The Hall–Kier alpha value is -2.67. The largest absolute Gasteiger partial charge is 0.494 e. The van der Waals surface area contributed by atoms with Crippen molar-refractivity contribution < 1.29 is 14.0 Å². The molecule has 2 aromatic heterocycles. The molecule has 3 aromatic rings. The van der Waals surface area contributed by atoms with Gasteiger partial charge >= 0.3 is 0 Å². The smallest absolute Gasteiger partial charge is 0.278 e. The number of aromatic nitrogens is 4. The van der Waals surface area contributed by atoms with Crippen LogP contribution in [0, 0.1) is 0 Å². The molecule has 0 unspecified atom stereocenters. The normalized spacial score (nSPS) is 19.8. The zero-order valence-corrected chi connectivity index (χ0v) is 16.7. The van der Waals surface area contributed by atoms with Crippen LogP contribution in [-0.4, -0.2) is 26.5 Å². The molecule has 1 aliphatic heterocycles. The Bertz CT molecular complexity index is 957. The molecule has 1 fully saturated rings. The highest BCUT2D eigenvalue weighted by Gasteiger charge is 2.26. The summed E-state index contributed by atoms with van der Waals surface area (Å²) >= 11 is 0. The minimum Gasteiger partial charge on any atom is -0.494 e. The molecule has 0 radical (unpaired) electrons. The van der Waals surface area contributed by atoms with Crippen molar-refractivity contribution in [3.63, 3.8) is 0 Å². The molecule has 1 saturated carbocycles. The fraction of sp³-hybridized carbons (Fsp3) is 0.500. The molecule has 1 aromatic carbocycles. The summed E-state index contributed by atoms with van der Waals surface area (Å²) in [6.07, 6.45) is 6.07. The Kier molecular flexibility index (Phi) is 5.06. The Balaban J connectivity index is 1.31. The number of hydrogen-bond donors (Lipinski definition) is 0. The topological polar surface area (TPSA) is 75.2 Å². The predicted molar refractivity (Wildman–Crippen MR) is 106 cm³/mol. The lowest BCUT2D eigenvalue weighted by Crippen LogP contribution is -2.21. The van der Waals surface area contributed by atoms with Crippen LogP contribution in [0.15, 0.2) is 34.9 Å². The molecule has 3 heterocycles. The van der Waals surface area contributed by atoms with Crippen molar-refractivity contribution in [2.24, 2.45) is 0 Å². The molecule has 7 nitrogen and oxygen atoms in total. The van der Waals surface area contributed by atoms with Gasteiger partial charge in [-0.25, -0.2) is 0 Å². The van der Waals surface area contributed by atoms with Gasteiger partial charge < -0.3 is 14.0 Å². The second kappa shape index (κ2) is 7.99. The molecule has 1 aliphatic carbocycles. The fourth-order valence-corrected chi connectivity index (χ4v) is 4.24. The summed E-state index contributed by atoms with van der Waals surface area (Å²) in [7, 11) is 0. The molecule has 0 N–H and O–H groups in total. The zero-order chi connectivity index (χ0) is 19.6. The van der Waals surface area contributed by atoms with Gasteiger partial charge in [0.15, 0.2) is 11.5 Å². The maximum atomic E-state index is 6.07. The summed E-state index contributed by atoms with van der Waals surface area (Å²) in [5.41, 5.74) is 2.87. The van der Waals surface area contributed by atoms with Crippen LogP contribution in [0.2, 0.25) is 0 Å². The lowest BCUT2D eigenvalue weighted by molar-refractivity contribution is -0.00115. The van der Waals surface area contributed by atoms with E-state index in [-0.39, 0.29) is 6.10 Å². The van der Waals surface area contributed by atoms with E-state index in [0.29, 0.717) is 31.6 Å². The zero-order valence-electron chi connectivity index (χ0n) is 16.7. The molecule has 29 heavy (non-hydrogen) atoms. The van der Waals surface area contributed by atoms with Crippen LogP contribution in [-0.2, 0) is 17.9 Å². The second-order valence-corrected chi connectivity index (χ2v) is 7.80. The van der Waals surface area contributed by atoms with Crippen molar-refractivity contribution in [3.05, 3.63) is 47.4 Å². The van der Waals surface area contributed by atoms with Crippen molar-refractivity contribution in [1.29, 1.82) is 0 Å². The third-order valence-electron chi connectivity index (χ3n) is 5.83. The Morgan fingerprint density at radius 3 is 2.76 bits per heavy atom. The summed E-state index contributed by atoms with van der Waals surface area (Å²) < 4.78 is 19.1. The molecular weight excluding hydrogens is 368 g/mol. The van der Waals surface area contributed by atoms with Gasteiger partial charge in [-0.1, -0.05) is 36.6 Å². The van der Waals surface area contributed by atoms with Crippen LogP contribution in [0.3, 0.4) is 0 Å². The first-order valence-electron chi connectivity index (χ1n) is 10.5. The van der Waals surface area contributed by atoms with Gasteiger partial charge in [0, 0.05) is 5.92 Å². The SMILES string of the molecule is CCOc1ccc([C@H]2Cn3nc(-c4nc(C5CCCCC5)no4)cc3CO2)cc1. The summed E-state index contributed by atoms with van der Waals surface area (Å²) in [4.78, 5) is 4.64. The van der Waals surface area contributed by atoms with Gasteiger partial charge in [-0.2, -0.15) is 10.1 Å². The molecule has 0 bridgehead atoms. The Morgan fingerprint density at radius 2 is 1.97 bits per heavy atom. The minimum atomic E-state index is -0.0357. The molecule has 152 valence electrons. The standard InChI is InChI=1S/C22H26N4O3/c1-2-27-18-10-8-15(9-11-18)20-13-26-17(14-28-20)12-19(24-26)22-23-21(25-29-22)16-6-4-3-5-7-16/h8-12,16,20H,2-7,13-14H2,1H3/t20-/m1/s1. The van der Waals surface area contributed by atoms with Crippen molar-refractivity contribution in [2.45, 2.75) is 64.2 Å². The van der Waals surface area contributed by atoms with Gasteiger partial charge in [-0.05, 0) is 43.5 Å². The van der Waals surface area contributed by atoms with Crippen LogP contribution in [0.1, 0.15) is 68.1 Å². The molecule has 0 amide bonds. The van der Waals surface area contributed by atoms with Crippen molar-refractivity contribution in [1.82, 2.24) is 19.9 Å². The van der Waals surface area contributed by atoms with E-state index in [1.807, 2.05) is 29.8 Å². The number of benzene rings is 1. The quantitative estimate of drug-likeness (QED) is 0.627. The summed E-state index contributed by atoms with van der Waals surface area (Å²) in [6, 6.07) is 10.1. The van der Waals surface area contributed by atoms with E-state index in [4.69, 9.17) is 19.1 Å². The lowest BCUT2D eigenvalue weighted by atomic mass is 9.89. The molecule has 1 atom stereocenters. The van der Waals surface area contributed by atoms with E-state index in [1.54, 1.807) is 0 Å². The number of nitrogens with zero attached hydrogens (tertiary/aromatic N) is 4. The van der Waals surface area contributed by atoms with Gasteiger partial charge in [-0.3, -0.25) is 4.68 Å². The third-order valence-corrected chi connectivity index (χ3v) is 5.83. The predicted octanol–water partition coefficient (Wildman–Crippen LogP) is 4.65. The molecule has 0 spiro atoms. The number of fused-ring (bicyclic) bond motifs is 1. The average Bonchev–Trinajstić information content (AvgIpc) is 3.42. The van der Waals surface area contributed by atoms with E-state index in [1.165, 1.54) is 19.3 Å². The third kappa shape index (κ3) is 3.79. The van der Waals surface area contributed by atoms with Crippen LogP contribution >= 0.6 is 0 Å². The first kappa shape index (κ1) is 18.4. The van der Waals surface area contributed by atoms with Crippen molar-refractivity contribution in [2.75, 3.05) is 6.61 Å². The van der Waals surface area contributed by atoms with Gasteiger partial charge in [0.05, 0.1) is 25.5 Å². The summed E-state index contributed by atoms with van der Waals surface area (Å²) in [5, 5.41) is 8.95. The van der Waals surface area contributed by atoms with Crippen LogP contribution < -0.4 is 4.74 Å². The van der Waals surface area contributed by atoms with Crippen molar-refractivity contribution >= 4 is 0 Å². The van der Waals surface area contributed by atoms with E-state index >= 15 is 0 Å².